The molecule has 2 aromatic rings. The Hall–Kier alpha value is -2.61. The minimum atomic E-state index is -4.24. The summed E-state index contributed by atoms with van der Waals surface area (Å²) in [6, 6.07) is 13.5. The van der Waals surface area contributed by atoms with Crippen LogP contribution < -0.4 is 10.6 Å². The Morgan fingerprint density at radius 3 is 2.39 bits per heavy atom. The van der Waals surface area contributed by atoms with Gasteiger partial charge in [-0.25, -0.2) is 9.18 Å². The molecule has 3 saturated carbocycles. The van der Waals surface area contributed by atoms with Gasteiger partial charge in [0, 0.05) is 17.6 Å². The third-order valence-corrected chi connectivity index (χ3v) is 6.80. The molecule has 31 heavy (non-hydrogen) atoms. The second kappa shape index (κ2) is 6.95. The molecule has 2 aromatic carbocycles. The quantitative estimate of drug-likeness (QED) is 0.706. The first-order valence-corrected chi connectivity index (χ1v) is 10.4. The van der Waals surface area contributed by atoms with Gasteiger partial charge in [-0.05, 0) is 54.5 Å². The summed E-state index contributed by atoms with van der Waals surface area (Å²) in [5, 5.41) is 5.69. The lowest BCUT2D eigenvalue weighted by molar-refractivity contribution is -0.157. The van der Waals surface area contributed by atoms with E-state index in [0.717, 1.165) is 16.7 Å². The van der Waals surface area contributed by atoms with Crippen LogP contribution in [0, 0.1) is 5.82 Å². The maximum Gasteiger partial charge on any atom is 0.401 e. The molecule has 1 atom stereocenters. The van der Waals surface area contributed by atoms with Gasteiger partial charge in [0.2, 0.25) is 0 Å². The number of urea groups is 1. The predicted octanol–water partition coefficient (Wildman–Crippen LogP) is 4.31. The number of alkyl halides is 3. The molecule has 0 unspecified atom stereocenters. The van der Waals surface area contributed by atoms with Gasteiger partial charge in [-0.15, -0.1) is 0 Å². The van der Waals surface area contributed by atoms with E-state index in [-0.39, 0.29) is 17.9 Å². The molecule has 4 aliphatic rings. The van der Waals surface area contributed by atoms with E-state index in [2.05, 4.69) is 10.6 Å². The number of hydrogen-bond acceptors (Lipinski definition) is 2. The van der Waals surface area contributed by atoms with Gasteiger partial charge in [0.15, 0.2) is 0 Å². The molecule has 4 nitrogen and oxygen atoms in total. The fourth-order valence-corrected chi connectivity index (χ4v) is 5.48. The zero-order chi connectivity index (χ0) is 21.9. The summed E-state index contributed by atoms with van der Waals surface area (Å²) in [6.07, 6.45) is -2.00. The highest BCUT2D eigenvalue weighted by Gasteiger charge is 2.69. The van der Waals surface area contributed by atoms with Crippen molar-refractivity contribution in [3.05, 3.63) is 71.0 Å². The number of benzene rings is 2. The van der Waals surface area contributed by atoms with Gasteiger partial charge in [0.25, 0.3) is 0 Å². The van der Waals surface area contributed by atoms with Crippen LogP contribution in [-0.2, 0) is 6.42 Å². The molecule has 3 fully saturated rings. The highest BCUT2D eigenvalue weighted by Crippen LogP contribution is 2.60. The van der Waals surface area contributed by atoms with Crippen LogP contribution in [-0.4, -0.2) is 41.3 Å². The smallest absolute Gasteiger partial charge is 0.332 e. The predicted molar refractivity (Wildman–Crippen MR) is 107 cm³/mol. The number of carbonyl (C=O) groups is 1. The lowest BCUT2D eigenvalue weighted by Gasteiger charge is -2.71. The summed E-state index contributed by atoms with van der Waals surface area (Å²) >= 11 is 0. The zero-order valence-corrected chi connectivity index (χ0v) is 16.8. The van der Waals surface area contributed by atoms with Crippen molar-refractivity contribution in [3.8, 4) is 0 Å². The summed E-state index contributed by atoms with van der Waals surface area (Å²) < 4.78 is 51.0. The second-order valence-electron chi connectivity index (χ2n) is 9.09. The highest BCUT2D eigenvalue weighted by atomic mass is 19.4. The van der Waals surface area contributed by atoms with Crippen LogP contribution in [0.2, 0.25) is 0 Å². The normalized spacial score (nSPS) is 28.9. The molecule has 8 heteroatoms. The standard InChI is InChI=1S/C23H23F4N3O/c24-17-7-5-16(6-8-17)19-18-4-2-1-3-15(18)9-10-30(19)20(31)29-22-11-21(12-22,13-22)28-14-23(25,26)27/h1-8,19,28H,9-14H2,(H,29,31)/t19-,21?,22?/m0/s1. The number of nitrogens with one attached hydrogen (secondary N) is 2. The average Bonchev–Trinajstić information content (AvgIpc) is 2.67. The topological polar surface area (TPSA) is 44.4 Å². The molecule has 0 aromatic heterocycles. The van der Waals surface area contributed by atoms with Gasteiger partial charge in [-0.2, -0.15) is 13.2 Å². The van der Waals surface area contributed by atoms with E-state index < -0.39 is 23.8 Å². The van der Waals surface area contributed by atoms with E-state index in [4.69, 9.17) is 0 Å². The minimum absolute atomic E-state index is 0.229. The molecule has 2 N–H and O–H groups in total. The summed E-state index contributed by atoms with van der Waals surface area (Å²) in [4.78, 5) is 15.0. The highest BCUT2D eigenvalue weighted by molar-refractivity contribution is 5.78. The minimum Gasteiger partial charge on any atom is -0.332 e. The fourth-order valence-electron chi connectivity index (χ4n) is 5.48. The molecule has 2 amide bonds. The second-order valence-corrected chi connectivity index (χ2v) is 9.09. The maximum absolute atomic E-state index is 13.5. The summed E-state index contributed by atoms with van der Waals surface area (Å²) in [7, 11) is 0. The van der Waals surface area contributed by atoms with E-state index in [1.165, 1.54) is 12.1 Å². The lowest BCUT2D eigenvalue weighted by Crippen LogP contribution is -2.84. The number of hydrogen-bond donors (Lipinski definition) is 2. The summed E-state index contributed by atoms with van der Waals surface area (Å²) in [5.41, 5.74) is 2.05. The van der Waals surface area contributed by atoms with Crippen molar-refractivity contribution in [2.45, 2.75) is 49.0 Å². The Morgan fingerprint density at radius 1 is 1.03 bits per heavy atom. The van der Waals surface area contributed by atoms with Crippen LogP contribution in [0.15, 0.2) is 48.5 Å². The van der Waals surface area contributed by atoms with Gasteiger partial charge in [-0.1, -0.05) is 36.4 Å². The molecule has 2 bridgehead atoms. The SMILES string of the molecule is O=C(NC12CC(NCC(F)(F)F)(C1)C2)N1CCc2ccccc2[C@@H]1c1ccc(F)cc1. The Kier molecular flexibility index (Phi) is 4.55. The first-order chi connectivity index (χ1) is 14.7. The van der Waals surface area contributed by atoms with Crippen molar-refractivity contribution in [1.29, 1.82) is 0 Å². The largest absolute Gasteiger partial charge is 0.401 e. The molecule has 1 aliphatic heterocycles. The Labute approximate surface area is 177 Å². The van der Waals surface area contributed by atoms with Crippen molar-refractivity contribution in [2.75, 3.05) is 13.1 Å². The van der Waals surface area contributed by atoms with Crippen LogP contribution in [0.25, 0.3) is 0 Å². The molecule has 1 heterocycles. The van der Waals surface area contributed by atoms with Crippen molar-refractivity contribution in [2.24, 2.45) is 0 Å². The van der Waals surface area contributed by atoms with Crippen molar-refractivity contribution in [1.82, 2.24) is 15.5 Å². The number of carbonyl (C=O) groups excluding carboxylic acids is 1. The van der Waals surface area contributed by atoms with Crippen molar-refractivity contribution in [3.63, 3.8) is 0 Å². The Balaban J connectivity index is 1.32. The summed E-state index contributed by atoms with van der Waals surface area (Å²) in [6.45, 7) is -0.495. The van der Waals surface area contributed by atoms with Crippen molar-refractivity contribution < 1.29 is 22.4 Å². The number of nitrogens with zero attached hydrogens (tertiary/aromatic N) is 1. The van der Waals surface area contributed by atoms with Gasteiger partial charge in [0.05, 0.1) is 12.6 Å². The zero-order valence-electron chi connectivity index (χ0n) is 16.8. The van der Waals surface area contributed by atoms with E-state index in [1.807, 2.05) is 24.3 Å². The van der Waals surface area contributed by atoms with E-state index in [1.54, 1.807) is 17.0 Å². The van der Waals surface area contributed by atoms with Gasteiger partial charge in [0.1, 0.15) is 5.82 Å². The first-order valence-electron chi connectivity index (χ1n) is 10.4. The number of rotatable bonds is 4. The molecule has 164 valence electrons. The number of halogens is 4. The monoisotopic (exact) mass is 433 g/mol. The van der Waals surface area contributed by atoms with E-state index in [0.29, 0.717) is 32.2 Å². The van der Waals surface area contributed by atoms with Crippen molar-refractivity contribution >= 4 is 6.03 Å². The first kappa shape index (κ1) is 20.3. The Morgan fingerprint density at radius 2 is 1.71 bits per heavy atom. The van der Waals surface area contributed by atoms with Crippen LogP contribution >= 0.6 is 0 Å². The molecule has 0 saturated heterocycles. The van der Waals surface area contributed by atoms with E-state index in [9.17, 15) is 22.4 Å². The number of fused-ring (bicyclic) bond motifs is 1. The number of amides is 2. The molecular formula is C23H23F4N3O. The molecule has 3 aliphatic carbocycles. The lowest BCUT2D eigenvalue weighted by atomic mass is 9.44. The third-order valence-electron chi connectivity index (χ3n) is 6.80. The third kappa shape index (κ3) is 3.67. The van der Waals surface area contributed by atoms with E-state index >= 15 is 0 Å². The van der Waals surface area contributed by atoms with Crippen LogP contribution in [0.4, 0.5) is 22.4 Å². The molecular weight excluding hydrogens is 410 g/mol. The van der Waals surface area contributed by atoms with Gasteiger partial charge in [-0.3, -0.25) is 0 Å². The van der Waals surface area contributed by atoms with Gasteiger partial charge >= 0.3 is 12.2 Å². The molecule has 0 spiro atoms. The van der Waals surface area contributed by atoms with Gasteiger partial charge < -0.3 is 15.5 Å². The Bertz CT molecular complexity index is 985. The van der Waals surface area contributed by atoms with Crippen LogP contribution in [0.1, 0.15) is 42.0 Å². The van der Waals surface area contributed by atoms with Crippen LogP contribution in [0.5, 0.6) is 0 Å². The average molecular weight is 433 g/mol. The fraction of sp³-hybridized carbons (Fsp3) is 0.435. The van der Waals surface area contributed by atoms with Crippen LogP contribution in [0.3, 0.4) is 0 Å². The molecule has 6 rings (SSSR count). The summed E-state index contributed by atoms with van der Waals surface area (Å²) in [5.74, 6) is -0.339. The maximum atomic E-state index is 13.5. The molecule has 0 radical (unpaired) electrons.